The van der Waals surface area contributed by atoms with E-state index < -0.39 is 41.3 Å². The van der Waals surface area contributed by atoms with Crippen LogP contribution in [0.25, 0.3) is 22.4 Å². The Balaban J connectivity index is 2.17. The Morgan fingerprint density at radius 3 is 2.34 bits per heavy atom. The molecule has 0 saturated carbocycles. The molecule has 0 saturated heterocycles. The quantitative estimate of drug-likeness (QED) is 0.341. The van der Waals surface area contributed by atoms with Gasteiger partial charge in [0.2, 0.25) is 0 Å². The smallest absolute Gasteiger partial charge is 0.455 e. The van der Waals surface area contributed by atoms with Crippen molar-refractivity contribution in [2.24, 2.45) is 7.05 Å². The van der Waals surface area contributed by atoms with Crippen molar-refractivity contribution < 1.29 is 31.1 Å². The topological polar surface area (TPSA) is 90.5 Å². The monoisotopic (exact) mass is 459 g/mol. The molecule has 0 aromatic carbocycles. The first-order chi connectivity index (χ1) is 14.6. The van der Waals surface area contributed by atoms with Crippen LogP contribution in [-0.2, 0) is 19.0 Å². The van der Waals surface area contributed by atoms with Crippen LogP contribution in [0.4, 0.5) is 26.3 Å². The highest BCUT2D eigenvalue weighted by Crippen LogP contribution is 2.37. The molecule has 0 bridgehead atoms. The Kier molecular flexibility index (Phi) is 5.24. The van der Waals surface area contributed by atoms with E-state index in [1.165, 1.54) is 13.8 Å². The number of aryl methyl sites for hydroxylation is 1. The fourth-order valence-corrected chi connectivity index (χ4v) is 3.05. The maximum Gasteiger partial charge on any atom is 0.455 e. The summed E-state index contributed by atoms with van der Waals surface area (Å²) in [7, 11) is 1.12. The summed E-state index contributed by atoms with van der Waals surface area (Å²) in [5.74, 6) is -6.22. The number of alkyl halides is 5. The minimum Gasteiger partial charge on any atom is -0.618 e. The molecule has 7 nitrogen and oxygen atoms in total. The molecular formula is C19H15F6N5O2. The van der Waals surface area contributed by atoms with Crippen LogP contribution in [0.2, 0.25) is 0 Å². The van der Waals surface area contributed by atoms with Gasteiger partial charge in [-0.25, -0.2) is 9.78 Å². The molecule has 0 spiro atoms. The Hall–Kier alpha value is -3.56. The first-order valence-electron chi connectivity index (χ1n) is 8.95. The molecule has 0 aliphatic carbocycles. The number of imidazole rings is 1. The predicted octanol–water partition coefficient (Wildman–Crippen LogP) is 3.17. The highest BCUT2D eigenvalue weighted by molar-refractivity contribution is 5.79. The van der Waals surface area contributed by atoms with Crippen molar-refractivity contribution in [2.45, 2.75) is 37.9 Å². The van der Waals surface area contributed by atoms with Crippen molar-refractivity contribution in [1.82, 2.24) is 14.1 Å². The zero-order chi connectivity index (χ0) is 24.2. The molecule has 3 aromatic heterocycles. The van der Waals surface area contributed by atoms with Gasteiger partial charge >= 0.3 is 17.8 Å². The van der Waals surface area contributed by atoms with Crippen LogP contribution in [0.15, 0.2) is 29.3 Å². The van der Waals surface area contributed by atoms with Gasteiger partial charge in [0, 0.05) is 12.6 Å². The number of aromatic nitrogens is 4. The maximum absolute atomic E-state index is 14.7. The first kappa shape index (κ1) is 23.1. The van der Waals surface area contributed by atoms with Gasteiger partial charge in [-0.05, 0) is 26.0 Å². The number of rotatable bonds is 4. The van der Waals surface area contributed by atoms with E-state index in [1.807, 2.05) is 6.07 Å². The van der Waals surface area contributed by atoms with Crippen LogP contribution >= 0.6 is 0 Å². The largest absolute Gasteiger partial charge is 0.618 e. The van der Waals surface area contributed by atoms with Gasteiger partial charge in [0.1, 0.15) is 12.2 Å². The van der Waals surface area contributed by atoms with E-state index in [2.05, 4.69) is 4.98 Å². The first-order valence-corrected chi connectivity index (χ1v) is 8.95. The molecule has 0 aliphatic heterocycles. The zero-order valence-corrected chi connectivity index (χ0v) is 16.8. The molecule has 170 valence electrons. The maximum atomic E-state index is 14.7. The molecule has 3 aromatic rings. The number of pyridine rings is 2. The zero-order valence-electron chi connectivity index (χ0n) is 16.8. The van der Waals surface area contributed by atoms with Gasteiger partial charge < -0.3 is 5.21 Å². The lowest BCUT2D eigenvalue weighted by atomic mass is 9.87. The van der Waals surface area contributed by atoms with Crippen molar-refractivity contribution in [3.8, 4) is 17.5 Å². The van der Waals surface area contributed by atoms with Crippen LogP contribution < -0.4 is 10.4 Å². The van der Waals surface area contributed by atoms with Crippen LogP contribution in [0.5, 0.6) is 0 Å². The molecule has 0 amide bonds. The van der Waals surface area contributed by atoms with Crippen LogP contribution in [-0.4, -0.2) is 26.2 Å². The molecule has 0 N–H and O–H groups in total. The number of halogens is 6. The minimum absolute atomic E-state index is 0.0882. The summed E-state index contributed by atoms with van der Waals surface area (Å²) in [6.07, 6.45) is -4.09. The summed E-state index contributed by atoms with van der Waals surface area (Å²) in [4.78, 5) is 16.1. The normalized spacial score (nSPS) is 12.9. The minimum atomic E-state index is -5.88. The molecule has 0 fully saturated rings. The van der Waals surface area contributed by atoms with E-state index in [0.29, 0.717) is 0 Å². The van der Waals surface area contributed by atoms with E-state index in [4.69, 9.17) is 5.26 Å². The molecular weight excluding hydrogens is 444 g/mol. The number of nitriles is 1. The third-order valence-electron chi connectivity index (χ3n) is 5.03. The Morgan fingerprint density at radius 2 is 1.81 bits per heavy atom. The number of hydrogen-bond donors (Lipinski definition) is 0. The second-order valence-corrected chi connectivity index (χ2v) is 7.68. The summed E-state index contributed by atoms with van der Waals surface area (Å²) in [6, 6.07) is 3.92. The van der Waals surface area contributed by atoms with Crippen LogP contribution in [0.1, 0.15) is 19.4 Å². The highest BCUT2D eigenvalue weighted by atomic mass is 19.4. The summed E-state index contributed by atoms with van der Waals surface area (Å²) in [6.45, 7) is 0.976. The van der Waals surface area contributed by atoms with Gasteiger partial charge in [-0.2, -0.15) is 36.3 Å². The Labute approximate surface area is 176 Å². The molecule has 0 unspecified atom stereocenters. The lowest BCUT2D eigenvalue weighted by molar-refractivity contribution is -0.596. The average Bonchev–Trinajstić information content (AvgIpc) is 2.91. The summed E-state index contributed by atoms with van der Waals surface area (Å²) < 4.78 is 80.6. The average molecular weight is 459 g/mol. The van der Waals surface area contributed by atoms with Gasteiger partial charge in [-0.1, -0.05) is 0 Å². The van der Waals surface area contributed by atoms with Gasteiger partial charge in [-0.15, -0.1) is 0 Å². The predicted molar refractivity (Wildman–Crippen MR) is 99.0 cm³/mol. The fourth-order valence-electron chi connectivity index (χ4n) is 3.05. The van der Waals surface area contributed by atoms with Crippen LogP contribution in [0.3, 0.4) is 0 Å². The van der Waals surface area contributed by atoms with Crippen molar-refractivity contribution in [3.05, 3.63) is 51.6 Å². The summed E-state index contributed by atoms with van der Waals surface area (Å²) in [5.41, 5.74) is -3.63. The molecule has 0 atom stereocenters. The van der Waals surface area contributed by atoms with Gasteiger partial charge in [0.05, 0.1) is 28.7 Å². The fraction of sp³-hybridized carbons (Fsp3) is 0.368. The lowest BCUT2D eigenvalue weighted by Gasteiger charge is -2.19. The summed E-state index contributed by atoms with van der Waals surface area (Å²) >= 11 is 0. The van der Waals surface area contributed by atoms with E-state index in [-0.39, 0.29) is 31.6 Å². The second-order valence-electron chi connectivity index (χ2n) is 7.68. The summed E-state index contributed by atoms with van der Waals surface area (Å²) in [5, 5.41) is 21.6. The Bertz CT molecular complexity index is 1290. The van der Waals surface area contributed by atoms with Gasteiger partial charge in [-0.3, -0.25) is 9.13 Å². The van der Waals surface area contributed by atoms with Crippen molar-refractivity contribution in [1.29, 1.82) is 5.26 Å². The lowest BCUT2D eigenvalue weighted by Crippen LogP contribution is -2.42. The SMILES string of the molecule is Cn1c(=O)n(CC(F)(F)C(F)(F)F)c2cnc(-c3c(F)cc(C(C)(C)C#N)c[n+]3[O-])cc21. The molecule has 0 radical (unpaired) electrons. The van der Waals surface area contributed by atoms with Gasteiger partial charge in [0.25, 0.3) is 5.69 Å². The van der Waals surface area contributed by atoms with E-state index in [1.54, 1.807) is 0 Å². The van der Waals surface area contributed by atoms with Crippen molar-refractivity contribution in [2.75, 3.05) is 0 Å². The van der Waals surface area contributed by atoms with Crippen LogP contribution in [0, 0.1) is 22.4 Å². The number of fused-ring (bicyclic) bond motifs is 1. The number of hydrogen-bond acceptors (Lipinski definition) is 4. The third kappa shape index (κ3) is 3.65. The Morgan fingerprint density at radius 1 is 1.19 bits per heavy atom. The second kappa shape index (κ2) is 7.25. The highest BCUT2D eigenvalue weighted by Gasteiger charge is 2.58. The third-order valence-corrected chi connectivity index (χ3v) is 5.03. The number of nitrogens with zero attached hydrogens (tertiary/aromatic N) is 5. The van der Waals surface area contributed by atoms with E-state index in [0.717, 1.165) is 36.1 Å². The molecule has 13 heteroatoms. The van der Waals surface area contributed by atoms with Crippen molar-refractivity contribution >= 4 is 11.0 Å². The molecule has 0 aliphatic rings. The molecule has 3 heterocycles. The standard InChI is InChI=1S/C19H15F6N5O2/c1-17(2,8-26)10-4-11(20)15(30(32)7-10)12-5-13-14(6-27-12)29(16(31)28(13)3)9-18(21,22)19(23,24)25/h4-7H,9H2,1-3H3. The van der Waals surface area contributed by atoms with Gasteiger partial charge in [0.15, 0.2) is 12.0 Å². The molecule has 3 rings (SSSR count). The molecule has 32 heavy (non-hydrogen) atoms. The van der Waals surface area contributed by atoms with Crippen molar-refractivity contribution in [3.63, 3.8) is 0 Å². The van der Waals surface area contributed by atoms with E-state index in [9.17, 15) is 36.3 Å². The van der Waals surface area contributed by atoms with E-state index >= 15 is 0 Å².